The van der Waals surface area contributed by atoms with E-state index in [1.807, 2.05) is 6.92 Å². The average Bonchev–Trinajstić information content (AvgIpc) is 3.33. The summed E-state index contributed by atoms with van der Waals surface area (Å²) in [6.07, 6.45) is 9.56. The third-order valence-electron chi connectivity index (χ3n) is 5.49. The minimum atomic E-state index is -0.253. The number of carbonyl (C=O) groups excluding carboxylic acids is 1. The number of aromatic nitrogens is 4. The Kier molecular flexibility index (Phi) is 6.05. The number of carbonyl (C=O) groups is 1. The van der Waals surface area contributed by atoms with E-state index in [4.69, 9.17) is 0 Å². The molecule has 0 bridgehead atoms. The molecular weight excluding hydrogens is 406 g/mol. The number of unbranched alkanes of at least 4 members (excludes halogenated alkanes) is 1. The highest BCUT2D eigenvalue weighted by molar-refractivity contribution is 7.21. The van der Waals surface area contributed by atoms with Crippen LogP contribution in [0.1, 0.15) is 78.0 Å². The van der Waals surface area contributed by atoms with E-state index in [2.05, 4.69) is 27.4 Å². The minimum absolute atomic E-state index is 0.0771. The van der Waals surface area contributed by atoms with Crippen LogP contribution < -0.4 is 10.9 Å². The fourth-order valence-electron chi connectivity index (χ4n) is 3.82. The Hall–Kier alpha value is -2.13. The minimum Gasteiger partial charge on any atom is -0.299 e. The first-order chi connectivity index (χ1) is 14.1. The lowest BCUT2D eigenvalue weighted by Gasteiger charge is -2.18. The molecule has 0 aliphatic heterocycles. The lowest BCUT2D eigenvalue weighted by molar-refractivity contribution is 0.103. The second kappa shape index (κ2) is 8.71. The predicted octanol–water partition coefficient (Wildman–Crippen LogP) is 4.72. The summed E-state index contributed by atoms with van der Waals surface area (Å²) < 4.78 is 1.63. The molecule has 4 rings (SSSR count). The molecule has 1 aliphatic carbocycles. The summed E-state index contributed by atoms with van der Waals surface area (Å²) in [7, 11) is 0. The van der Waals surface area contributed by atoms with Gasteiger partial charge >= 0.3 is 0 Å². The molecule has 3 heterocycles. The number of nitrogens with zero attached hydrogens (tertiary/aromatic N) is 4. The molecule has 7 nitrogen and oxygen atoms in total. The first-order valence-corrected chi connectivity index (χ1v) is 11.8. The van der Waals surface area contributed by atoms with Crippen LogP contribution >= 0.6 is 22.7 Å². The number of anilines is 1. The maximum absolute atomic E-state index is 12.9. The lowest BCUT2D eigenvalue weighted by atomic mass is 9.90. The van der Waals surface area contributed by atoms with Gasteiger partial charge in [0.2, 0.25) is 5.13 Å². The number of hydrogen-bond donors (Lipinski definition) is 1. The Morgan fingerprint density at radius 2 is 2.03 bits per heavy atom. The van der Waals surface area contributed by atoms with Gasteiger partial charge in [-0.3, -0.25) is 19.5 Å². The van der Waals surface area contributed by atoms with Crippen LogP contribution in [0.3, 0.4) is 0 Å². The summed E-state index contributed by atoms with van der Waals surface area (Å²) in [5.74, 6) is 0.208. The SMILES string of the molecule is CCCCn1cnc2sc(C(=O)Nc3nnc(C4CCCCC4)s3)c(C)c2c1=O. The molecule has 29 heavy (non-hydrogen) atoms. The maximum Gasteiger partial charge on any atom is 0.267 e. The molecule has 1 fully saturated rings. The number of aryl methyl sites for hydroxylation is 2. The van der Waals surface area contributed by atoms with Crippen molar-refractivity contribution in [2.24, 2.45) is 0 Å². The number of hydrogen-bond acceptors (Lipinski definition) is 7. The Labute approximate surface area is 177 Å². The van der Waals surface area contributed by atoms with Crippen molar-refractivity contribution in [3.05, 3.63) is 32.1 Å². The molecule has 3 aromatic rings. The molecule has 1 N–H and O–H groups in total. The Balaban J connectivity index is 1.56. The van der Waals surface area contributed by atoms with Crippen LogP contribution in [0.2, 0.25) is 0 Å². The number of rotatable bonds is 6. The van der Waals surface area contributed by atoms with Crippen molar-refractivity contribution in [1.29, 1.82) is 0 Å². The summed E-state index contributed by atoms with van der Waals surface area (Å²) in [5, 5.41) is 13.4. The predicted molar refractivity (Wildman–Crippen MR) is 117 cm³/mol. The van der Waals surface area contributed by atoms with Crippen LogP contribution in [0.5, 0.6) is 0 Å². The van der Waals surface area contributed by atoms with Crippen molar-refractivity contribution in [2.75, 3.05) is 5.32 Å². The van der Waals surface area contributed by atoms with Gasteiger partial charge < -0.3 is 0 Å². The van der Waals surface area contributed by atoms with Gasteiger partial charge in [-0.15, -0.1) is 21.5 Å². The van der Waals surface area contributed by atoms with Gasteiger partial charge in [-0.1, -0.05) is 43.9 Å². The van der Waals surface area contributed by atoms with Crippen LogP contribution in [0.4, 0.5) is 5.13 Å². The van der Waals surface area contributed by atoms with Gasteiger partial charge in [0, 0.05) is 12.5 Å². The van der Waals surface area contributed by atoms with Gasteiger partial charge in [-0.05, 0) is 31.7 Å². The van der Waals surface area contributed by atoms with Crippen LogP contribution in [0.25, 0.3) is 10.2 Å². The van der Waals surface area contributed by atoms with Gasteiger partial charge in [-0.2, -0.15) is 0 Å². The Morgan fingerprint density at radius 3 is 2.79 bits per heavy atom. The smallest absolute Gasteiger partial charge is 0.267 e. The van der Waals surface area contributed by atoms with E-state index in [-0.39, 0.29) is 11.5 Å². The fraction of sp³-hybridized carbons (Fsp3) is 0.550. The highest BCUT2D eigenvalue weighted by Crippen LogP contribution is 2.35. The second-order valence-electron chi connectivity index (χ2n) is 7.57. The summed E-state index contributed by atoms with van der Waals surface area (Å²) in [4.78, 5) is 31.2. The average molecular weight is 432 g/mol. The molecule has 0 aromatic carbocycles. The van der Waals surface area contributed by atoms with Gasteiger partial charge in [0.1, 0.15) is 9.84 Å². The van der Waals surface area contributed by atoms with Gasteiger partial charge in [0.15, 0.2) is 0 Å². The largest absolute Gasteiger partial charge is 0.299 e. The standard InChI is InChI=1S/C20H25N5O2S2/c1-3-4-10-25-11-21-18-14(19(25)27)12(2)15(28-18)16(26)22-20-24-23-17(29-20)13-8-6-5-7-9-13/h11,13H,3-10H2,1-2H3,(H,22,24,26). The maximum atomic E-state index is 12.9. The Bertz CT molecular complexity index is 1080. The van der Waals surface area contributed by atoms with Crippen LogP contribution in [-0.4, -0.2) is 25.7 Å². The number of amides is 1. The molecule has 0 atom stereocenters. The van der Waals surface area contributed by atoms with E-state index < -0.39 is 0 Å². The van der Waals surface area contributed by atoms with Crippen molar-refractivity contribution < 1.29 is 4.79 Å². The van der Waals surface area contributed by atoms with Crippen LogP contribution in [-0.2, 0) is 6.54 Å². The molecule has 1 aliphatic rings. The van der Waals surface area contributed by atoms with Crippen LogP contribution in [0.15, 0.2) is 11.1 Å². The van der Waals surface area contributed by atoms with Crippen molar-refractivity contribution in [3.63, 3.8) is 0 Å². The van der Waals surface area contributed by atoms with Crippen molar-refractivity contribution in [2.45, 2.75) is 71.3 Å². The molecule has 1 amide bonds. The number of thiophene rings is 1. The molecule has 154 valence electrons. The zero-order valence-electron chi connectivity index (χ0n) is 16.7. The molecule has 0 unspecified atom stereocenters. The molecular formula is C20H25N5O2S2. The summed E-state index contributed by atoms with van der Waals surface area (Å²) in [6.45, 7) is 4.54. The van der Waals surface area contributed by atoms with E-state index in [9.17, 15) is 9.59 Å². The third-order valence-corrected chi connectivity index (χ3v) is 7.69. The van der Waals surface area contributed by atoms with E-state index in [0.717, 1.165) is 30.7 Å². The van der Waals surface area contributed by atoms with Gasteiger partial charge in [0.05, 0.1) is 16.6 Å². The first-order valence-electron chi connectivity index (χ1n) is 10.2. The number of fused-ring (bicyclic) bond motifs is 1. The van der Waals surface area contributed by atoms with Crippen molar-refractivity contribution in [3.8, 4) is 0 Å². The molecule has 0 spiro atoms. The number of nitrogens with one attached hydrogen (secondary N) is 1. The van der Waals surface area contributed by atoms with Gasteiger partial charge in [0.25, 0.3) is 11.5 Å². The quantitative estimate of drug-likeness (QED) is 0.610. The first kappa shape index (κ1) is 20.2. The van der Waals surface area contributed by atoms with E-state index >= 15 is 0 Å². The van der Waals surface area contributed by atoms with Crippen molar-refractivity contribution in [1.82, 2.24) is 19.7 Å². The molecule has 9 heteroatoms. The molecule has 1 saturated carbocycles. The Morgan fingerprint density at radius 1 is 1.24 bits per heavy atom. The third kappa shape index (κ3) is 4.11. The highest BCUT2D eigenvalue weighted by atomic mass is 32.1. The lowest BCUT2D eigenvalue weighted by Crippen LogP contribution is -2.20. The summed E-state index contributed by atoms with van der Waals surface area (Å²) >= 11 is 2.71. The van der Waals surface area contributed by atoms with Crippen molar-refractivity contribution >= 4 is 43.9 Å². The monoisotopic (exact) mass is 431 g/mol. The van der Waals surface area contributed by atoms with Gasteiger partial charge in [-0.25, -0.2) is 4.98 Å². The fourth-order valence-corrected chi connectivity index (χ4v) is 5.76. The summed E-state index contributed by atoms with van der Waals surface area (Å²) in [5.41, 5.74) is 0.606. The zero-order valence-corrected chi connectivity index (χ0v) is 18.4. The zero-order chi connectivity index (χ0) is 20.4. The normalized spacial score (nSPS) is 15.1. The van der Waals surface area contributed by atoms with E-state index in [0.29, 0.717) is 38.3 Å². The highest BCUT2D eigenvalue weighted by Gasteiger charge is 2.23. The van der Waals surface area contributed by atoms with E-state index in [1.165, 1.54) is 41.9 Å². The van der Waals surface area contributed by atoms with Crippen LogP contribution in [0, 0.1) is 6.92 Å². The molecule has 0 radical (unpaired) electrons. The molecule has 3 aromatic heterocycles. The summed E-state index contributed by atoms with van der Waals surface area (Å²) in [6, 6.07) is 0. The molecule has 0 saturated heterocycles. The topological polar surface area (TPSA) is 89.8 Å². The van der Waals surface area contributed by atoms with E-state index in [1.54, 1.807) is 10.9 Å². The second-order valence-corrected chi connectivity index (χ2v) is 9.58.